The van der Waals surface area contributed by atoms with Gasteiger partial charge in [0, 0.05) is 19.1 Å². The fraction of sp³-hybridized carbons (Fsp3) is 0.583. The molecule has 1 aliphatic carbocycles. The molecule has 1 saturated heterocycles. The maximum atomic E-state index is 12.1. The van der Waals surface area contributed by atoms with Crippen LogP contribution in [0.4, 0.5) is 0 Å². The molecular formula is C12H16N2O2. The second kappa shape index (κ2) is 3.63. The van der Waals surface area contributed by atoms with E-state index in [4.69, 9.17) is 10.2 Å². The summed E-state index contributed by atoms with van der Waals surface area (Å²) in [5.41, 5.74) is 6.69. The summed E-state index contributed by atoms with van der Waals surface area (Å²) in [4.78, 5) is 14.0. The highest BCUT2D eigenvalue weighted by Gasteiger charge is 2.42. The van der Waals surface area contributed by atoms with E-state index in [1.165, 1.54) is 18.9 Å². The fourth-order valence-corrected chi connectivity index (χ4v) is 3.04. The van der Waals surface area contributed by atoms with Crippen LogP contribution < -0.4 is 5.73 Å². The minimum absolute atomic E-state index is 0.0790. The first-order valence-electron chi connectivity index (χ1n) is 5.83. The molecule has 1 amide bonds. The van der Waals surface area contributed by atoms with Crippen molar-refractivity contribution in [3.63, 3.8) is 0 Å². The largest absolute Gasteiger partial charge is 0.472 e. The minimum atomic E-state index is 0.0790. The molecule has 1 aromatic rings. The monoisotopic (exact) mass is 220 g/mol. The van der Waals surface area contributed by atoms with Gasteiger partial charge >= 0.3 is 0 Å². The Balaban J connectivity index is 1.73. The van der Waals surface area contributed by atoms with Gasteiger partial charge in [-0.3, -0.25) is 4.79 Å². The zero-order valence-electron chi connectivity index (χ0n) is 9.13. The third kappa shape index (κ3) is 1.45. The molecule has 3 unspecified atom stereocenters. The number of rotatable bonds is 1. The molecule has 0 spiro atoms. The highest BCUT2D eigenvalue weighted by molar-refractivity contribution is 5.94. The summed E-state index contributed by atoms with van der Waals surface area (Å²) in [5.74, 6) is 1.21. The van der Waals surface area contributed by atoms with Crippen molar-refractivity contribution in [2.45, 2.75) is 18.9 Å². The Hall–Kier alpha value is -1.29. The lowest BCUT2D eigenvalue weighted by molar-refractivity contribution is 0.0779. The Bertz CT molecular complexity index is 388. The van der Waals surface area contributed by atoms with Crippen LogP contribution in [0, 0.1) is 11.8 Å². The van der Waals surface area contributed by atoms with E-state index in [1.54, 1.807) is 6.07 Å². The normalized spacial score (nSPS) is 33.1. The minimum Gasteiger partial charge on any atom is -0.472 e. The molecule has 1 aliphatic heterocycles. The van der Waals surface area contributed by atoms with E-state index in [1.807, 2.05) is 4.90 Å². The molecule has 2 fully saturated rings. The van der Waals surface area contributed by atoms with Crippen LogP contribution in [0.5, 0.6) is 0 Å². The molecule has 2 aliphatic rings. The van der Waals surface area contributed by atoms with Crippen LogP contribution in [-0.4, -0.2) is 29.9 Å². The van der Waals surface area contributed by atoms with E-state index in [2.05, 4.69) is 0 Å². The second-order valence-electron chi connectivity index (χ2n) is 4.89. The number of hydrogen-bond acceptors (Lipinski definition) is 3. The van der Waals surface area contributed by atoms with Gasteiger partial charge in [0.1, 0.15) is 6.26 Å². The number of fused-ring (bicyclic) bond motifs is 1. The first-order valence-corrected chi connectivity index (χ1v) is 5.83. The third-order valence-corrected chi connectivity index (χ3v) is 3.97. The van der Waals surface area contributed by atoms with Crippen LogP contribution in [0.15, 0.2) is 23.0 Å². The van der Waals surface area contributed by atoms with E-state index < -0.39 is 0 Å². The molecule has 0 radical (unpaired) electrons. The molecule has 3 rings (SSSR count). The van der Waals surface area contributed by atoms with Crippen molar-refractivity contribution in [2.75, 3.05) is 13.1 Å². The number of hydrogen-bond donors (Lipinski definition) is 1. The van der Waals surface area contributed by atoms with Gasteiger partial charge in [0.15, 0.2) is 0 Å². The van der Waals surface area contributed by atoms with Gasteiger partial charge < -0.3 is 15.1 Å². The summed E-state index contributed by atoms with van der Waals surface area (Å²) < 4.78 is 4.94. The van der Waals surface area contributed by atoms with Crippen molar-refractivity contribution in [3.05, 3.63) is 24.2 Å². The number of carbonyl (C=O) groups excluding carboxylic acids is 1. The molecule has 4 nitrogen and oxygen atoms in total. The van der Waals surface area contributed by atoms with Crippen LogP contribution in [0.3, 0.4) is 0 Å². The van der Waals surface area contributed by atoms with E-state index >= 15 is 0 Å². The van der Waals surface area contributed by atoms with Gasteiger partial charge in [0.2, 0.25) is 0 Å². The molecule has 0 bridgehead atoms. The Morgan fingerprint density at radius 1 is 1.44 bits per heavy atom. The lowest BCUT2D eigenvalue weighted by Crippen LogP contribution is -2.33. The van der Waals surface area contributed by atoms with E-state index in [9.17, 15) is 4.79 Å². The predicted octanol–water partition coefficient (Wildman–Crippen LogP) is 1.09. The number of furan rings is 1. The maximum absolute atomic E-state index is 12.1. The maximum Gasteiger partial charge on any atom is 0.257 e. The van der Waals surface area contributed by atoms with Crippen LogP contribution in [0.1, 0.15) is 23.2 Å². The smallest absolute Gasteiger partial charge is 0.257 e. The molecular weight excluding hydrogens is 204 g/mol. The van der Waals surface area contributed by atoms with Crippen LogP contribution in [0.2, 0.25) is 0 Å². The zero-order valence-corrected chi connectivity index (χ0v) is 9.13. The molecule has 4 heteroatoms. The van der Waals surface area contributed by atoms with Gasteiger partial charge in [-0.1, -0.05) is 0 Å². The third-order valence-electron chi connectivity index (χ3n) is 3.97. The van der Waals surface area contributed by atoms with Gasteiger partial charge in [-0.05, 0) is 30.7 Å². The Morgan fingerprint density at radius 2 is 2.31 bits per heavy atom. The molecule has 16 heavy (non-hydrogen) atoms. The zero-order chi connectivity index (χ0) is 11.1. The Labute approximate surface area is 94.4 Å². The number of nitrogens with zero attached hydrogens (tertiary/aromatic N) is 1. The molecule has 3 atom stereocenters. The van der Waals surface area contributed by atoms with Gasteiger partial charge in [0.05, 0.1) is 11.8 Å². The summed E-state index contributed by atoms with van der Waals surface area (Å²) in [7, 11) is 0. The van der Waals surface area contributed by atoms with E-state index in [-0.39, 0.29) is 11.9 Å². The van der Waals surface area contributed by atoms with Crippen LogP contribution >= 0.6 is 0 Å². The predicted molar refractivity (Wildman–Crippen MR) is 58.8 cm³/mol. The summed E-state index contributed by atoms with van der Waals surface area (Å²) in [6.07, 6.45) is 5.33. The fourth-order valence-electron chi connectivity index (χ4n) is 3.04. The molecule has 2 N–H and O–H groups in total. The number of nitrogens with two attached hydrogens (primary N) is 1. The molecule has 2 heterocycles. The van der Waals surface area contributed by atoms with Gasteiger partial charge in [-0.2, -0.15) is 0 Å². The summed E-state index contributed by atoms with van der Waals surface area (Å²) >= 11 is 0. The number of likely N-dealkylation sites (tertiary alicyclic amines) is 1. The van der Waals surface area contributed by atoms with Crippen molar-refractivity contribution in [1.29, 1.82) is 0 Å². The van der Waals surface area contributed by atoms with Gasteiger partial charge in [-0.25, -0.2) is 0 Å². The number of carbonyl (C=O) groups is 1. The standard InChI is InChI=1S/C12H16N2O2/c13-11-2-1-8-5-14(6-10(8)11)12(15)9-3-4-16-7-9/h3-4,7-8,10-11H,1-2,5-6,13H2. The molecule has 1 aromatic heterocycles. The van der Waals surface area contributed by atoms with Crippen LogP contribution in [0.25, 0.3) is 0 Å². The summed E-state index contributed by atoms with van der Waals surface area (Å²) in [5, 5.41) is 0. The first kappa shape index (κ1) is 9.90. The lowest BCUT2D eigenvalue weighted by Gasteiger charge is -2.17. The first-order chi connectivity index (χ1) is 7.75. The topological polar surface area (TPSA) is 59.5 Å². The van der Waals surface area contributed by atoms with E-state index in [0.29, 0.717) is 17.4 Å². The molecule has 1 saturated carbocycles. The Morgan fingerprint density at radius 3 is 3.00 bits per heavy atom. The van der Waals surface area contributed by atoms with Crippen molar-refractivity contribution in [1.82, 2.24) is 4.90 Å². The van der Waals surface area contributed by atoms with E-state index in [0.717, 1.165) is 19.5 Å². The van der Waals surface area contributed by atoms with Crippen LogP contribution in [-0.2, 0) is 0 Å². The van der Waals surface area contributed by atoms with Gasteiger partial charge in [0.25, 0.3) is 5.91 Å². The van der Waals surface area contributed by atoms with Crippen molar-refractivity contribution < 1.29 is 9.21 Å². The summed E-state index contributed by atoms with van der Waals surface area (Å²) in [6, 6.07) is 2.00. The van der Waals surface area contributed by atoms with Crippen molar-refractivity contribution in [3.8, 4) is 0 Å². The second-order valence-corrected chi connectivity index (χ2v) is 4.89. The van der Waals surface area contributed by atoms with Crippen molar-refractivity contribution >= 4 is 5.91 Å². The quantitative estimate of drug-likeness (QED) is 0.770. The van der Waals surface area contributed by atoms with Gasteiger partial charge in [-0.15, -0.1) is 0 Å². The lowest BCUT2D eigenvalue weighted by atomic mass is 9.98. The average molecular weight is 220 g/mol. The van der Waals surface area contributed by atoms with Crippen molar-refractivity contribution in [2.24, 2.45) is 17.6 Å². The highest BCUT2D eigenvalue weighted by Crippen LogP contribution is 2.37. The molecule has 0 aromatic carbocycles. The average Bonchev–Trinajstić information content (AvgIpc) is 2.96. The SMILES string of the molecule is NC1CCC2CN(C(=O)c3ccoc3)CC12. The summed E-state index contributed by atoms with van der Waals surface area (Å²) in [6.45, 7) is 1.68. The number of amides is 1. The Kier molecular flexibility index (Phi) is 2.24. The highest BCUT2D eigenvalue weighted by atomic mass is 16.3. The molecule has 86 valence electrons.